The lowest BCUT2D eigenvalue weighted by molar-refractivity contribution is -0.132. The summed E-state index contributed by atoms with van der Waals surface area (Å²) >= 11 is 0. The Morgan fingerprint density at radius 1 is 1.20 bits per heavy atom. The van der Waals surface area contributed by atoms with Crippen molar-refractivity contribution in [3.8, 4) is 0 Å². The van der Waals surface area contributed by atoms with Crippen LogP contribution in [0.4, 0.5) is 0 Å². The molecular weight excluding hydrogens is 246 g/mol. The molecule has 2 rings (SSSR count). The third kappa shape index (κ3) is 3.69. The first-order valence-electron chi connectivity index (χ1n) is 7.83. The van der Waals surface area contributed by atoms with Gasteiger partial charge in [0.15, 0.2) is 0 Å². The van der Waals surface area contributed by atoms with Gasteiger partial charge in [-0.3, -0.25) is 9.69 Å². The van der Waals surface area contributed by atoms with Gasteiger partial charge in [0.25, 0.3) is 0 Å². The third-order valence-corrected chi connectivity index (χ3v) is 4.76. The Morgan fingerprint density at radius 2 is 1.80 bits per heavy atom. The second-order valence-corrected chi connectivity index (χ2v) is 6.64. The summed E-state index contributed by atoms with van der Waals surface area (Å²) in [5, 5.41) is 0. The van der Waals surface area contributed by atoms with Crippen LogP contribution in [0.15, 0.2) is 30.3 Å². The van der Waals surface area contributed by atoms with E-state index in [1.54, 1.807) is 0 Å². The predicted octanol–water partition coefficient (Wildman–Crippen LogP) is 3.90. The fourth-order valence-corrected chi connectivity index (χ4v) is 2.92. The van der Waals surface area contributed by atoms with E-state index >= 15 is 0 Å². The maximum Gasteiger partial charge on any atom is 0.141 e. The van der Waals surface area contributed by atoms with E-state index in [0.717, 1.165) is 38.9 Å². The van der Waals surface area contributed by atoms with Crippen LogP contribution in [0.3, 0.4) is 0 Å². The van der Waals surface area contributed by atoms with Crippen molar-refractivity contribution in [2.24, 2.45) is 11.3 Å². The second-order valence-electron chi connectivity index (χ2n) is 6.64. The van der Waals surface area contributed by atoms with Crippen molar-refractivity contribution >= 4 is 5.78 Å². The van der Waals surface area contributed by atoms with Crippen LogP contribution in [0.2, 0.25) is 0 Å². The smallest absolute Gasteiger partial charge is 0.141 e. The zero-order chi connectivity index (χ0) is 14.6. The summed E-state index contributed by atoms with van der Waals surface area (Å²) in [7, 11) is 0. The van der Waals surface area contributed by atoms with Gasteiger partial charge in [0.05, 0.1) is 0 Å². The molecule has 0 unspecified atom stereocenters. The number of Topliss-reactive ketones (excluding diaryl/α,β-unsaturated/α-hetero) is 1. The molecule has 2 heteroatoms. The fourth-order valence-electron chi connectivity index (χ4n) is 2.92. The molecular formula is C18H27NO. The average Bonchev–Trinajstić information content (AvgIpc) is 2.48. The highest BCUT2D eigenvalue weighted by atomic mass is 16.1. The Hall–Kier alpha value is -1.15. The Balaban J connectivity index is 1.85. The van der Waals surface area contributed by atoms with Crippen LogP contribution in [-0.2, 0) is 11.3 Å². The van der Waals surface area contributed by atoms with Crippen molar-refractivity contribution in [2.75, 3.05) is 13.1 Å². The minimum absolute atomic E-state index is 0.147. The Labute approximate surface area is 123 Å². The van der Waals surface area contributed by atoms with Crippen molar-refractivity contribution in [1.82, 2.24) is 4.90 Å². The lowest BCUT2D eigenvalue weighted by atomic mass is 9.76. The normalized spacial score (nSPS) is 18.1. The van der Waals surface area contributed by atoms with Crippen molar-refractivity contribution in [1.29, 1.82) is 0 Å². The minimum Gasteiger partial charge on any atom is -0.299 e. The SMILES string of the molecule is CCC(C)(C)C(=O)C1CCN(Cc2ccccc2)CC1. The van der Waals surface area contributed by atoms with Crippen LogP contribution in [0.5, 0.6) is 0 Å². The van der Waals surface area contributed by atoms with Crippen molar-refractivity contribution < 1.29 is 4.79 Å². The molecule has 110 valence electrons. The number of piperidine rings is 1. The lowest BCUT2D eigenvalue weighted by Crippen LogP contribution is -2.40. The van der Waals surface area contributed by atoms with Crippen LogP contribution in [-0.4, -0.2) is 23.8 Å². The number of rotatable bonds is 5. The number of benzene rings is 1. The summed E-state index contributed by atoms with van der Waals surface area (Å²) in [4.78, 5) is 15.0. The van der Waals surface area contributed by atoms with E-state index in [2.05, 4.69) is 56.0 Å². The first-order valence-corrected chi connectivity index (χ1v) is 7.83. The number of nitrogens with zero attached hydrogens (tertiary/aromatic N) is 1. The third-order valence-electron chi connectivity index (χ3n) is 4.76. The first-order chi connectivity index (χ1) is 9.53. The molecule has 1 aromatic carbocycles. The van der Waals surface area contributed by atoms with E-state index in [9.17, 15) is 4.79 Å². The highest BCUT2D eigenvalue weighted by molar-refractivity contribution is 5.86. The van der Waals surface area contributed by atoms with E-state index in [-0.39, 0.29) is 11.3 Å². The van der Waals surface area contributed by atoms with Crippen molar-refractivity contribution in [2.45, 2.75) is 46.6 Å². The van der Waals surface area contributed by atoms with Gasteiger partial charge in [0.1, 0.15) is 5.78 Å². The number of carbonyl (C=O) groups excluding carboxylic acids is 1. The monoisotopic (exact) mass is 273 g/mol. The summed E-state index contributed by atoms with van der Waals surface area (Å²) in [5.74, 6) is 0.747. The fraction of sp³-hybridized carbons (Fsp3) is 0.611. The molecule has 1 heterocycles. The molecule has 0 aliphatic carbocycles. The summed E-state index contributed by atoms with van der Waals surface area (Å²) in [6.45, 7) is 9.40. The maximum absolute atomic E-state index is 12.5. The van der Waals surface area contributed by atoms with Gasteiger partial charge < -0.3 is 0 Å². The summed E-state index contributed by atoms with van der Waals surface area (Å²) < 4.78 is 0. The molecule has 0 radical (unpaired) electrons. The van der Waals surface area contributed by atoms with Crippen LogP contribution in [0.1, 0.15) is 45.6 Å². The highest BCUT2D eigenvalue weighted by Crippen LogP contribution is 2.30. The van der Waals surface area contributed by atoms with E-state index < -0.39 is 0 Å². The van der Waals surface area contributed by atoms with E-state index in [4.69, 9.17) is 0 Å². The summed E-state index contributed by atoms with van der Waals surface area (Å²) in [6.07, 6.45) is 2.99. The largest absolute Gasteiger partial charge is 0.299 e. The number of hydrogen-bond acceptors (Lipinski definition) is 2. The highest BCUT2D eigenvalue weighted by Gasteiger charge is 2.33. The zero-order valence-electron chi connectivity index (χ0n) is 13.1. The molecule has 1 saturated heterocycles. The van der Waals surface area contributed by atoms with E-state index in [1.807, 2.05) is 0 Å². The molecule has 1 aromatic rings. The summed E-state index contributed by atoms with van der Waals surface area (Å²) in [5.41, 5.74) is 1.22. The van der Waals surface area contributed by atoms with Gasteiger partial charge in [-0.15, -0.1) is 0 Å². The van der Waals surface area contributed by atoms with Gasteiger partial charge in [-0.05, 0) is 37.9 Å². The number of ketones is 1. The van der Waals surface area contributed by atoms with Gasteiger partial charge in [0, 0.05) is 17.9 Å². The van der Waals surface area contributed by atoms with Crippen LogP contribution >= 0.6 is 0 Å². The number of hydrogen-bond donors (Lipinski definition) is 0. The van der Waals surface area contributed by atoms with Crippen LogP contribution in [0, 0.1) is 11.3 Å². The van der Waals surface area contributed by atoms with Gasteiger partial charge in [-0.1, -0.05) is 51.1 Å². The zero-order valence-corrected chi connectivity index (χ0v) is 13.1. The average molecular weight is 273 g/mol. The molecule has 0 aromatic heterocycles. The van der Waals surface area contributed by atoms with Gasteiger partial charge >= 0.3 is 0 Å². The van der Waals surface area contributed by atoms with Crippen LogP contribution < -0.4 is 0 Å². The molecule has 2 nitrogen and oxygen atoms in total. The molecule has 0 amide bonds. The first kappa shape index (κ1) is 15.2. The lowest BCUT2D eigenvalue weighted by Gasteiger charge is -2.34. The molecule has 1 fully saturated rings. The molecule has 0 spiro atoms. The number of carbonyl (C=O) groups is 1. The predicted molar refractivity (Wildman–Crippen MR) is 83.5 cm³/mol. The quantitative estimate of drug-likeness (QED) is 0.811. The van der Waals surface area contributed by atoms with Crippen LogP contribution in [0.25, 0.3) is 0 Å². The second kappa shape index (κ2) is 6.53. The van der Waals surface area contributed by atoms with Crippen molar-refractivity contribution in [3.05, 3.63) is 35.9 Å². The topological polar surface area (TPSA) is 20.3 Å². The van der Waals surface area contributed by atoms with Gasteiger partial charge in [-0.2, -0.15) is 0 Å². The van der Waals surface area contributed by atoms with E-state index in [1.165, 1.54) is 5.56 Å². The summed E-state index contributed by atoms with van der Waals surface area (Å²) in [6, 6.07) is 10.6. The van der Waals surface area contributed by atoms with Gasteiger partial charge in [0.2, 0.25) is 0 Å². The maximum atomic E-state index is 12.5. The molecule has 1 aliphatic rings. The standard InChI is InChI=1S/C18H27NO/c1-4-18(2,3)17(20)16-10-12-19(13-11-16)14-15-8-6-5-7-9-15/h5-9,16H,4,10-14H2,1-3H3. The molecule has 0 bridgehead atoms. The van der Waals surface area contributed by atoms with Gasteiger partial charge in [-0.25, -0.2) is 0 Å². The molecule has 20 heavy (non-hydrogen) atoms. The minimum atomic E-state index is -0.147. The van der Waals surface area contributed by atoms with E-state index in [0.29, 0.717) is 5.78 Å². The molecule has 0 saturated carbocycles. The van der Waals surface area contributed by atoms with Crippen molar-refractivity contribution in [3.63, 3.8) is 0 Å². The Kier molecular flexibility index (Phi) is 4.98. The number of likely N-dealkylation sites (tertiary alicyclic amines) is 1. The molecule has 0 atom stereocenters. The molecule has 1 aliphatic heterocycles. The Morgan fingerprint density at radius 3 is 2.35 bits per heavy atom. The molecule has 0 N–H and O–H groups in total. The Bertz CT molecular complexity index is 430.